The second-order valence-electron chi connectivity index (χ2n) is 7.23. The molecule has 0 saturated carbocycles. The number of quaternary nitrogens is 1. The second-order valence-corrected chi connectivity index (χ2v) is 7.23. The molecule has 0 fully saturated rings. The first kappa shape index (κ1) is 20.9. The van der Waals surface area contributed by atoms with E-state index < -0.39 is 0 Å². The molecule has 0 rings (SSSR count). The highest BCUT2D eigenvalue weighted by Gasteiger charge is 2.22. The lowest BCUT2D eigenvalue weighted by Gasteiger charge is -2.34. The minimum atomic E-state index is 0.303. The SMILES string of the molecule is CCCCCCCCCCCCCC[N+](C)(C)C(C)OC. The van der Waals surface area contributed by atoms with Crippen LogP contribution in [0.3, 0.4) is 0 Å². The summed E-state index contributed by atoms with van der Waals surface area (Å²) in [6.07, 6.45) is 17.4. The molecule has 2 nitrogen and oxygen atoms in total. The van der Waals surface area contributed by atoms with Crippen LogP contribution in [-0.2, 0) is 4.74 Å². The first-order valence-electron chi connectivity index (χ1n) is 9.40. The summed E-state index contributed by atoms with van der Waals surface area (Å²) in [4.78, 5) is 0. The predicted octanol–water partition coefficient (Wildman–Crippen LogP) is 5.76. The molecule has 0 aromatic carbocycles. The van der Waals surface area contributed by atoms with Gasteiger partial charge in [0.25, 0.3) is 0 Å². The van der Waals surface area contributed by atoms with Gasteiger partial charge in [0.15, 0.2) is 6.23 Å². The third-order valence-corrected chi connectivity index (χ3v) is 4.91. The van der Waals surface area contributed by atoms with Crippen LogP contribution in [0.2, 0.25) is 0 Å². The summed E-state index contributed by atoms with van der Waals surface area (Å²) >= 11 is 0. The Kier molecular flexibility index (Phi) is 13.5. The van der Waals surface area contributed by atoms with Gasteiger partial charge in [-0.25, -0.2) is 0 Å². The second kappa shape index (κ2) is 13.6. The number of rotatable bonds is 15. The zero-order chi connectivity index (χ0) is 16.0. The van der Waals surface area contributed by atoms with E-state index in [1.807, 2.05) is 7.11 Å². The van der Waals surface area contributed by atoms with Crippen molar-refractivity contribution in [3.8, 4) is 0 Å². The molecule has 0 aromatic heterocycles. The molecule has 0 aromatic rings. The number of ether oxygens (including phenoxy) is 1. The number of nitrogens with zero attached hydrogens (tertiary/aromatic N) is 1. The van der Waals surface area contributed by atoms with Crippen molar-refractivity contribution in [1.82, 2.24) is 0 Å². The van der Waals surface area contributed by atoms with Crippen LogP contribution in [0.5, 0.6) is 0 Å². The van der Waals surface area contributed by atoms with Gasteiger partial charge in [-0.3, -0.25) is 0 Å². The van der Waals surface area contributed by atoms with Gasteiger partial charge in [0.2, 0.25) is 0 Å². The number of methoxy groups -OCH3 is 1. The Morgan fingerprint density at radius 1 is 0.714 bits per heavy atom. The average Bonchev–Trinajstić information content (AvgIpc) is 2.47. The molecule has 0 bridgehead atoms. The van der Waals surface area contributed by atoms with Crippen molar-refractivity contribution in [1.29, 1.82) is 0 Å². The van der Waals surface area contributed by atoms with Crippen LogP contribution >= 0.6 is 0 Å². The number of hydrogen-bond donors (Lipinski definition) is 0. The maximum atomic E-state index is 5.44. The van der Waals surface area contributed by atoms with Gasteiger partial charge in [0, 0.05) is 14.0 Å². The van der Waals surface area contributed by atoms with Crippen molar-refractivity contribution in [2.24, 2.45) is 0 Å². The number of unbranched alkanes of at least 4 members (excludes halogenated alkanes) is 11. The van der Waals surface area contributed by atoms with Gasteiger partial charge >= 0.3 is 0 Å². The third-order valence-electron chi connectivity index (χ3n) is 4.91. The molecule has 0 aliphatic heterocycles. The van der Waals surface area contributed by atoms with Gasteiger partial charge in [-0.15, -0.1) is 0 Å². The lowest BCUT2D eigenvalue weighted by atomic mass is 10.1. The van der Waals surface area contributed by atoms with Crippen LogP contribution in [-0.4, -0.2) is 38.5 Å². The Balaban J connectivity index is 3.26. The van der Waals surface area contributed by atoms with Crippen LogP contribution in [0.4, 0.5) is 0 Å². The molecule has 0 heterocycles. The summed E-state index contributed by atoms with van der Waals surface area (Å²) in [5.41, 5.74) is 0. The third kappa shape index (κ3) is 12.2. The highest BCUT2D eigenvalue weighted by Crippen LogP contribution is 2.14. The summed E-state index contributed by atoms with van der Waals surface area (Å²) in [6, 6.07) is 0. The topological polar surface area (TPSA) is 9.23 Å². The largest absolute Gasteiger partial charge is 0.333 e. The molecule has 1 atom stereocenters. The Hall–Kier alpha value is -0.0800. The first-order valence-corrected chi connectivity index (χ1v) is 9.40. The predicted molar refractivity (Wildman–Crippen MR) is 94.5 cm³/mol. The van der Waals surface area contributed by atoms with E-state index in [2.05, 4.69) is 27.9 Å². The fraction of sp³-hybridized carbons (Fsp3) is 1.00. The van der Waals surface area contributed by atoms with E-state index in [0.29, 0.717) is 6.23 Å². The normalized spacial score (nSPS) is 13.6. The summed E-state index contributed by atoms with van der Waals surface area (Å²) in [6.45, 7) is 5.68. The monoisotopic (exact) mass is 300 g/mol. The first-order chi connectivity index (χ1) is 10.0. The molecule has 2 heteroatoms. The molecule has 1 unspecified atom stereocenters. The molecule has 0 saturated heterocycles. The average molecular weight is 301 g/mol. The van der Waals surface area contributed by atoms with Crippen LogP contribution in [0, 0.1) is 0 Å². The van der Waals surface area contributed by atoms with Gasteiger partial charge < -0.3 is 9.22 Å². The van der Waals surface area contributed by atoms with Crippen LogP contribution < -0.4 is 0 Å². The minimum absolute atomic E-state index is 0.303. The van der Waals surface area contributed by atoms with Crippen molar-refractivity contribution in [2.75, 3.05) is 27.7 Å². The quantitative estimate of drug-likeness (QED) is 0.212. The van der Waals surface area contributed by atoms with E-state index in [0.717, 1.165) is 4.48 Å². The highest BCUT2D eigenvalue weighted by molar-refractivity contribution is 4.49. The van der Waals surface area contributed by atoms with E-state index in [1.54, 1.807) is 0 Å². The van der Waals surface area contributed by atoms with Crippen LogP contribution in [0.15, 0.2) is 0 Å². The minimum Gasteiger partial charge on any atom is -0.333 e. The molecule has 0 spiro atoms. The van der Waals surface area contributed by atoms with E-state index in [1.165, 1.54) is 83.6 Å². The fourth-order valence-electron chi connectivity index (χ4n) is 2.83. The number of hydrogen-bond acceptors (Lipinski definition) is 1. The Morgan fingerprint density at radius 2 is 1.10 bits per heavy atom. The lowest BCUT2D eigenvalue weighted by molar-refractivity contribution is -0.935. The Morgan fingerprint density at radius 3 is 1.48 bits per heavy atom. The standard InChI is InChI=1S/C19H42NO/c1-6-7-8-9-10-11-12-13-14-15-16-17-18-20(3,4)19(2)21-5/h19H,6-18H2,1-5H3/q+1. The van der Waals surface area contributed by atoms with Gasteiger partial charge in [-0.1, -0.05) is 71.1 Å². The van der Waals surface area contributed by atoms with Gasteiger partial charge in [-0.05, 0) is 12.8 Å². The summed E-state index contributed by atoms with van der Waals surface area (Å²) in [5, 5.41) is 0. The summed E-state index contributed by atoms with van der Waals surface area (Å²) < 4.78 is 6.43. The van der Waals surface area contributed by atoms with E-state index in [-0.39, 0.29) is 0 Å². The van der Waals surface area contributed by atoms with Gasteiger partial charge in [0.05, 0.1) is 20.6 Å². The summed E-state index contributed by atoms with van der Waals surface area (Å²) in [5.74, 6) is 0. The zero-order valence-electron chi connectivity index (χ0n) is 15.6. The molecule has 0 N–H and O–H groups in total. The molecule has 0 aliphatic carbocycles. The Labute approximate surface area is 134 Å². The molecule has 0 amide bonds. The molecular formula is C19H42NO+. The van der Waals surface area contributed by atoms with Crippen molar-refractivity contribution < 1.29 is 9.22 Å². The fourth-order valence-corrected chi connectivity index (χ4v) is 2.83. The molecule has 21 heavy (non-hydrogen) atoms. The smallest absolute Gasteiger partial charge is 0.189 e. The van der Waals surface area contributed by atoms with Crippen LogP contribution in [0.1, 0.15) is 90.9 Å². The van der Waals surface area contributed by atoms with Crippen molar-refractivity contribution in [3.05, 3.63) is 0 Å². The maximum Gasteiger partial charge on any atom is 0.189 e. The molecular weight excluding hydrogens is 258 g/mol. The van der Waals surface area contributed by atoms with Crippen molar-refractivity contribution >= 4 is 0 Å². The Bertz CT molecular complexity index is 216. The zero-order valence-corrected chi connectivity index (χ0v) is 15.6. The summed E-state index contributed by atoms with van der Waals surface area (Å²) in [7, 11) is 6.35. The molecule has 128 valence electrons. The van der Waals surface area contributed by atoms with Gasteiger partial charge in [-0.2, -0.15) is 0 Å². The van der Waals surface area contributed by atoms with E-state index in [4.69, 9.17) is 4.74 Å². The van der Waals surface area contributed by atoms with E-state index in [9.17, 15) is 0 Å². The van der Waals surface area contributed by atoms with Crippen LogP contribution in [0.25, 0.3) is 0 Å². The maximum absolute atomic E-state index is 5.44. The van der Waals surface area contributed by atoms with E-state index >= 15 is 0 Å². The molecule has 0 aliphatic rings. The van der Waals surface area contributed by atoms with Gasteiger partial charge in [0.1, 0.15) is 0 Å². The van der Waals surface area contributed by atoms with Crippen molar-refractivity contribution in [2.45, 2.75) is 97.1 Å². The highest BCUT2D eigenvalue weighted by atomic mass is 16.5. The molecule has 0 radical (unpaired) electrons. The van der Waals surface area contributed by atoms with Crippen molar-refractivity contribution in [3.63, 3.8) is 0 Å². The lowest BCUT2D eigenvalue weighted by Crippen LogP contribution is -2.48.